The van der Waals surface area contributed by atoms with Crippen molar-refractivity contribution in [3.63, 3.8) is 0 Å². The van der Waals surface area contributed by atoms with Crippen molar-refractivity contribution in [3.8, 4) is 11.5 Å². The fourth-order valence-corrected chi connectivity index (χ4v) is 1.35. The summed E-state index contributed by atoms with van der Waals surface area (Å²) in [4.78, 5) is 22.6. The van der Waals surface area contributed by atoms with Gasteiger partial charge in [0.15, 0.2) is 17.2 Å². The minimum atomic E-state index is -1.16. The van der Waals surface area contributed by atoms with Gasteiger partial charge in [-0.2, -0.15) is 0 Å². The Morgan fingerprint density at radius 3 is 2.39 bits per heavy atom. The molecule has 7 nitrogen and oxygen atoms in total. The summed E-state index contributed by atoms with van der Waals surface area (Å²) in [6.45, 7) is 2.21. The van der Waals surface area contributed by atoms with E-state index in [1.165, 1.54) is 0 Å². The molecule has 0 spiro atoms. The molecule has 0 radical (unpaired) electrons. The van der Waals surface area contributed by atoms with Gasteiger partial charge >= 0.3 is 0 Å². The molecule has 0 saturated heterocycles. The molecular weight excluding hydrogens is 238 g/mol. The standard InChI is InChI=1S/C11H13N3O4/c1-2-14-6-4-8(16)7(15)3-5(6)10(17)9(12)11(13)18/h3-4,12,14-16H,2H2,1H3,(H2,13,18). The molecule has 0 aliphatic rings. The lowest BCUT2D eigenvalue weighted by atomic mass is 10.0. The summed E-state index contributed by atoms with van der Waals surface area (Å²) in [5, 5.41) is 28.7. The Morgan fingerprint density at radius 1 is 1.33 bits per heavy atom. The number of carbonyl (C=O) groups excluding carboxylic acids is 2. The van der Waals surface area contributed by atoms with Crippen molar-refractivity contribution in [3.05, 3.63) is 17.7 Å². The number of aromatic hydroxyl groups is 2. The van der Waals surface area contributed by atoms with Gasteiger partial charge in [0.05, 0.1) is 5.56 Å². The summed E-state index contributed by atoms with van der Waals surface area (Å²) in [6.07, 6.45) is 0. The highest BCUT2D eigenvalue weighted by Gasteiger charge is 2.22. The lowest BCUT2D eigenvalue weighted by molar-refractivity contribution is -0.111. The van der Waals surface area contributed by atoms with E-state index in [1.807, 2.05) is 0 Å². The molecule has 0 unspecified atom stereocenters. The number of Topliss-reactive ketones (excluding diaryl/α,β-unsaturated/α-hetero) is 1. The van der Waals surface area contributed by atoms with Crippen LogP contribution in [-0.4, -0.2) is 34.2 Å². The maximum atomic E-state index is 11.8. The van der Waals surface area contributed by atoms with Crippen LogP contribution in [0.2, 0.25) is 0 Å². The highest BCUT2D eigenvalue weighted by molar-refractivity contribution is 6.67. The summed E-state index contributed by atoms with van der Waals surface area (Å²) >= 11 is 0. The van der Waals surface area contributed by atoms with Gasteiger partial charge in [-0.1, -0.05) is 0 Å². The average Bonchev–Trinajstić information content (AvgIpc) is 2.32. The second kappa shape index (κ2) is 5.17. The van der Waals surface area contributed by atoms with Crippen LogP contribution in [0.5, 0.6) is 11.5 Å². The van der Waals surface area contributed by atoms with E-state index in [-0.39, 0.29) is 11.3 Å². The van der Waals surface area contributed by atoms with E-state index < -0.39 is 28.9 Å². The second-order valence-electron chi connectivity index (χ2n) is 3.49. The van der Waals surface area contributed by atoms with E-state index in [1.54, 1.807) is 6.92 Å². The number of hydrogen-bond acceptors (Lipinski definition) is 6. The van der Waals surface area contributed by atoms with E-state index in [0.717, 1.165) is 12.1 Å². The first-order valence-corrected chi connectivity index (χ1v) is 5.11. The third kappa shape index (κ3) is 2.57. The van der Waals surface area contributed by atoms with Crippen molar-refractivity contribution in [1.29, 1.82) is 5.41 Å². The van der Waals surface area contributed by atoms with Crippen LogP contribution < -0.4 is 11.1 Å². The van der Waals surface area contributed by atoms with E-state index in [9.17, 15) is 19.8 Å². The number of phenolic OH excluding ortho intramolecular Hbond substituents is 2. The summed E-state index contributed by atoms with van der Waals surface area (Å²) in [5.41, 5.74) is 4.07. The van der Waals surface area contributed by atoms with E-state index in [0.29, 0.717) is 6.54 Å². The molecule has 7 heteroatoms. The molecule has 0 aliphatic heterocycles. The number of hydrogen-bond donors (Lipinski definition) is 5. The Bertz CT molecular complexity index is 525. The average molecular weight is 251 g/mol. The first-order valence-electron chi connectivity index (χ1n) is 5.11. The van der Waals surface area contributed by atoms with Crippen LogP contribution in [0.3, 0.4) is 0 Å². The van der Waals surface area contributed by atoms with Crippen LogP contribution in [-0.2, 0) is 4.79 Å². The first kappa shape index (κ1) is 13.5. The maximum absolute atomic E-state index is 11.8. The third-order valence-corrected chi connectivity index (χ3v) is 2.20. The SMILES string of the molecule is CCNc1cc(O)c(O)cc1C(=O)C(=N)C(N)=O. The van der Waals surface area contributed by atoms with Gasteiger partial charge in [0.25, 0.3) is 5.91 Å². The molecule has 0 fully saturated rings. The highest BCUT2D eigenvalue weighted by atomic mass is 16.3. The topological polar surface area (TPSA) is 136 Å². The Hall–Kier alpha value is -2.57. The van der Waals surface area contributed by atoms with E-state index in [4.69, 9.17) is 11.1 Å². The summed E-state index contributed by atoms with van der Waals surface area (Å²) in [5.74, 6) is -3.01. The van der Waals surface area contributed by atoms with Crippen LogP contribution in [0.15, 0.2) is 12.1 Å². The Kier molecular flexibility index (Phi) is 3.88. The van der Waals surface area contributed by atoms with Gasteiger partial charge in [-0.15, -0.1) is 0 Å². The summed E-state index contributed by atoms with van der Waals surface area (Å²) in [7, 11) is 0. The number of primary amides is 1. The Morgan fingerprint density at radius 2 is 1.89 bits per heavy atom. The number of carbonyl (C=O) groups is 2. The molecule has 0 atom stereocenters. The van der Waals surface area contributed by atoms with Gasteiger partial charge < -0.3 is 21.3 Å². The van der Waals surface area contributed by atoms with Crippen molar-refractivity contribution in [2.75, 3.05) is 11.9 Å². The highest BCUT2D eigenvalue weighted by Crippen LogP contribution is 2.31. The predicted molar refractivity (Wildman–Crippen MR) is 65.2 cm³/mol. The van der Waals surface area contributed by atoms with Crippen LogP contribution in [0.4, 0.5) is 5.69 Å². The largest absolute Gasteiger partial charge is 0.504 e. The molecule has 1 aromatic rings. The van der Waals surface area contributed by atoms with Crippen molar-refractivity contribution in [2.24, 2.45) is 5.73 Å². The monoisotopic (exact) mass is 251 g/mol. The number of benzene rings is 1. The van der Waals surface area contributed by atoms with Crippen LogP contribution in [0, 0.1) is 5.41 Å². The first-order chi connectivity index (χ1) is 8.38. The summed E-state index contributed by atoms with van der Waals surface area (Å²) < 4.78 is 0. The molecule has 96 valence electrons. The molecule has 1 amide bonds. The summed E-state index contributed by atoms with van der Waals surface area (Å²) in [6, 6.07) is 2.12. The molecule has 0 aromatic heterocycles. The number of ketones is 1. The number of amides is 1. The molecule has 0 bridgehead atoms. The van der Waals surface area contributed by atoms with Crippen LogP contribution >= 0.6 is 0 Å². The lowest BCUT2D eigenvalue weighted by Crippen LogP contribution is -2.30. The maximum Gasteiger partial charge on any atom is 0.270 e. The Balaban J connectivity index is 3.29. The molecule has 0 heterocycles. The van der Waals surface area contributed by atoms with Crippen molar-refractivity contribution in [1.82, 2.24) is 0 Å². The number of nitrogens with two attached hydrogens (primary N) is 1. The van der Waals surface area contributed by atoms with Crippen LogP contribution in [0.1, 0.15) is 17.3 Å². The fourth-order valence-electron chi connectivity index (χ4n) is 1.35. The smallest absolute Gasteiger partial charge is 0.270 e. The van der Waals surface area contributed by atoms with Crippen molar-refractivity contribution in [2.45, 2.75) is 6.92 Å². The number of phenols is 2. The number of nitrogens with one attached hydrogen (secondary N) is 2. The molecule has 6 N–H and O–H groups in total. The minimum Gasteiger partial charge on any atom is -0.504 e. The minimum absolute atomic E-state index is 0.101. The van der Waals surface area contributed by atoms with Crippen molar-refractivity contribution >= 4 is 23.1 Å². The van der Waals surface area contributed by atoms with Gasteiger partial charge in [0, 0.05) is 18.3 Å². The Labute approximate surface area is 103 Å². The van der Waals surface area contributed by atoms with Gasteiger partial charge in [-0.05, 0) is 13.0 Å². The predicted octanol–water partition coefficient (Wildman–Crippen LogP) is 0.217. The van der Waals surface area contributed by atoms with Crippen LogP contribution in [0.25, 0.3) is 0 Å². The lowest BCUT2D eigenvalue weighted by Gasteiger charge is -2.11. The molecule has 18 heavy (non-hydrogen) atoms. The molecule has 0 aliphatic carbocycles. The number of anilines is 1. The number of rotatable bonds is 5. The molecular formula is C11H13N3O4. The third-order valence-electron chi connectivity index (χ3n) is 2.20. The van der Waals surface area contributed by atoms with E-state index in [2.05, 4.69) is 5.32 Å². The molecule has 1 rings (SSSR count). The van der Waals surface area contributed by atoms with Gasteiger partial charge in [-0.3, -0.25) is 15.0 Å². The van der Waals surface area contributed by atoms with E-state index >= 15 is 0 Å². The van der Waals surface area contributed by atoms with Gasteiger partial charge in [0.2, 0.25) is 5.78 Å². The fraction of sp³-hybridized carbons (Fsp3) is 0.182. The zero-order valence-electron chi connectivity index (χ0n) is 9.65. The molecule has 0 saturated carbocycles. The normalized spacial score (nSPS) is 9.83. The van der Waals surface area contributed by atoms with Crippen molar-refractivity contribution < 1.29 is 19.8 Å². The zero-order chi connectivity index (χ0) is 13.9. The quantitative estimate of drug-likeness (QED) is 0.167. The van der Waals surface area contributed by atoms with Gasteiger partial charge in [0.1, 0.15) is 0 Å². The molecule has 1 aromatic carbocycles. The second-order valence-corrected chi connectivity index (χ2v) is 3.49. The zero-order valence-corrected chi connectivity index (χ0v) is 9.65. The van der Waals surface area contributed by atoms with Gasteiger partial charge in [-0.25, -0.2) is 0 Å².